The quantitative estimate of drug-likeness (QED) is 0.811. The summed E-state index contributed by atoms with van der Waals surface area (Å²) in [6.07, 6.45) is 0.896. The molecule has 1 aromatic heterocycles. The zero-order chi connectivity index (χ0) is 13.5. The number of rotatable bonds is 6. The molecule has 0 aromatic carbocycles. The van der Waals surface area contributed by atoms with Gasteiger partial charge in [-0.1, -0.05) is 20.8 Å². The number of nitrogens with one attached hydrogen (secondary N) is 2. The molecule has 0 spiro atoms. The van der Waals surface area contributed by atoms with Gasteiger partial charge in [-0.05, 0) is 31.4 Å². The molecule has 1 aromatic rings. The van der Waals surface area contributed by atoms with E-state index in [4.69, 9.17) is 0 Å². The lowest BCUT2D eigenvalue weighted by molar-refractivity contribution is 0.0933. The fraction of sp³-hybridized carbons (Fsp3) is 0.615. The molecule has 0 bridgehead atoms. The molecule has 0 aliphatic heterocycles. The van der Waals surface area contributed by atoms with Crippen molar-refractivity contribution < 1.29 is 4.79 Å². The Labute approximate surface area is 108 Å². The molecule has 5 nitrogen and oxygen atoms in total. The predicted octanol–water partition coefficient (Wildman–Crippen LogP) is 2.07. The SMILES string of the molecule is CCC(C)NC(=O)c1ccc(NCC(C)C)nn1. The normalized spacial score (nSPS) is 12.3. The van der Waals surface area contributed by atoms with E-state index in [2.05, 4.69) is 34.7 Å². The zero-order valence-corrected chi connectivity index (χ0v) is 11.5. The average molecular weight is 250 g/mol. The Morgan fingerprint density at radius 1 is 1.28 bits per heavy atom. The summed E-state index contributed by atoms with van der Waals surface area (Å²) in [4.78, 5) is 11.8. The van der Waals surface area contributed by atoms with Crippen LogP contribution in [0.15, 0.2) is 12.1 Å². The van der Waals surface area contributed by atoms with E-state index in [0.717, 1.165) is 13.0 Å². The van der Waals surface area contributed by atoms with E-state index in [9.17, 15) is 4.79 Å². The molecule has 5 heteroatoms. The third-order valence-electron chi connectivity index (χ3n) is 2.58. The number of amides is 1. The van der Waals surface area contributed by atoms with Crippen molar-refractivity contribution in [3.8, 4) is 0 Å². The van der Waals surface area contributed by atoms with Gasteiger partial charge < -0.3 is 10.6 Å². The highest BCUT2D eigenvalue weighted by molar-refractivity contribution is 5.92. The van der Waals surface area contributed by atoms with Crippen molar-refractivity contribution in [2.75, 3.05) is 11.9 Å². The summed E-state index contributed by atoms with van der Waals surface area (Å²) in [7, 11) is 0. The van der Waals surface area contributed by atoms with Crippen molar-refractivity contribution in [1.82, 2.24) is 15.5 Å². The second-order valence-electron chi connectivity index (χ2n) is 4.86. The number of carbonyl (C=O) groups excluding carboxylic acids is 1. The molecule has 100 valence electrons. The van der Waals surface area contributed by atoms with E-state index in [0.29, 0.717) is 17.4 Å². The Kier molecular flexibility index (Phi) is 5.55. The van der Waals surface area contributed by atoms with Crippen LogP contribution < -0.4 is 10.6 Å². The maximum atomic E-state index is 11.8. The Balaban J connectivity index is 2.56. The standard InChI is InChI=1S/C13H22N4O/c1-5-10(4)15-13(18)11-6-7-12(17-16-11)14-8-9(2)3/h6-7,9-10H,5,8H2,1-4H3,(H,14,17)(H,15,18). The summed E-state index contributed by atoms with van der Waals surface area (Å²) < 4.78 is 0. The van der Waals surface area contributed by atoms with Crippen molar-refractivity contribution in [3.05, 3.63) is 17.8 Å². The first-order valence-corrected chi connectivity index (χ1v) is 6.41. The lowest BCUT2D eigenvalue weighted by atomic mass is 10.2. The topological polar surface area (TPSA) is 66.9 Å². The molecule has 1 unspecified atom stereocenters. The largest absolute Gasteiger partial charge is 0.368 e. The van der Waals surface area contributed by atoms with Crippen molar-refractivity contribution >= 4 is 11.7 Å². The van der Waals surface area contributed by atoms with Gasteiger partial charge in [0.25, 0.3) is 5.91 Å². The van der Waals surface area contributed by atoms with Crippen LogP contribution in [0.4, 0.5) is 5.82 Å². The summed E-state index contributed by atoms with van der Waals surface area (Å²) in [5, 5.41) is 13.9. The van der Waals surface area contributed by atoms with E-state index in [1.54, 1.807) is 12.1 Å². The summed E-state index contributed by atoms with van der Waals surface area (Å²) in [6, 6.07) is 3.62. The zero-order valence-electron chi connectivity index (χ0n) is 11.5. The smallest absolute Gasteiger partial charge is 0.272 e. The molecule has 2 N–H and O–H groups in total. The van der Waals surface area contributed by atoms with Gasteiger partial charge in [-0.3, -0.25) is 4.79 Å². The van der Waals surface area contributed by atoms with E-state index >= 15 is 0 Å². The lowest BCUT2D eigenvalue weighted by Crippen LogP contribution is -2.32. The minimum Gasteiger partial charge on any atom is -0.368 e. The fourth-order valence-corrected chi connectivity index (χ4v) is 1.26. The monoisotopic (exact) mass is 250 g/mol. The van der Waals surface area contributed by atoms with Crippen molar-refractivity contribution in [2.45, 2.75) is 40.2 Å². The first kappa shape index (κ1) is 14.4. The summed E-state index contributed by atoms with van der Waals surface area (Å²) in [5.74, 6) is 1.07. The van der Waals surface area contributed by atoms with Gasteiger partial charge in [-0.15, -0.1) is 10.2 Å². The van der Waals surface area contributed by atoms with Crippen molar-refractivity contribution in [1.29, 1.82) is 0 Å². The van der Waals surface area contributed by atoms with Gasteiger partial charge in [0.2, 0.25) is 0 Å². The molecular weight excluding hydrogens is 228 g/mol. The highest BCUT2D eigenvalue weighted by atomic mass is 16.2. The summed E-state index contributed by atoms with van der Waals surface area (Å²) in [5.41, 5.74) is 0.352. The number of anilines is 1. The minimum absolute atomic E-state index is 0.151. The van der Waals surface area contributed by atoms with E-state index in [-0.39, 0.29) is 11.9 Å². The number of hydrogen-bond acceptors (Lipinski definition) is 4. The molecule has 0 saturated carbocycles. The molecule has 0 radical (unpaired) electrons. The van der Waals surface area contributed by atoms with E-state index in [1.807, 2.05) is 13.8 Å². The third kappa shape index (κ3) is 4.69. The molecule has 1 rings (SSSR count). The van der Waals surface area contributed by atoms with Crippen LogP contribution in [-0.4, -0.2) is 28.7 Å². The van der Waals surface area contributed by atoms with Crippen LogP contribution in [0.5, 0.6) is 0 Å². The van der Waals surface area contributed by atoms with Crippen LogP contribution in [0.2, 0.25) is 0 Å². The Morgan fingerprint density at radius 2 is 2.00 bits per heavy atom. The van der Waals surface area contributed by atoms with Gasteiger partial charge in [0, 0.05) is 12.6 Å². The van der Waals surface area contributed by atoms with Gasteiger partial charge in [-0.25, -0.2) is 0 Å². The highest BCUT2D eigenvalue weighted by Gasteiger charge is 2.10. The summed E-state index contributed by atoms with van der Waals surface area (Å²) in [6.45, 7) is 9.06. The van der Waals surface area contributed by atoms with Gasteiger partial charge in [0.15, 0.2) is 5.69 Å². The number of aromatic nitrogens is 2. The molecule has 1 amide bonds. The molecule has 0 aliphatic rings. The minimum atomic E-state index is -0.174. The Bertz CT molecular complexity index is 375. The first-order chi connectivity index (χ1) is 8.52. The van der Waals surface area contributed by atoms with E-state index < -0.39 is 0 Å². The summed E-state index contributed by atoms with van der Waals surface area (Å²) >= 11 is 0. The van der Waals surface area contributed by atoms with Crippen LogP contribution >= 0.6 is 0 Å². The van der Waals surface area contributed by atoms with Gasteiger partial charge in [0.05, 0.1) is 0 Å². The average Bonchev–Trinajstić information content (AvgIpc) is 2.36. The van der Waals surface area contributed by atoms with Crippen LogP contribution in [0.25, 0.3) is 0 Å². The van der Waals surface area contributed by atoms with Crippen LogP contribution in [0, 0.1) is 5.92 Å². The molecular formula is C13H22N4O. The lowest BCUT2D eigenvalue weighted by Gasteiger charge is -2.11. The Hall–Kier alpha value is -1.65. The molecule has 18 heavy (non-hydrogen) atoms. The molecule has 0 saturated heterocycles. The second kappa shape index (κ2) is 6.93. The molecule has 0 fully saturated rings. The maximum Gasteiger partial charge on any atom is 0.272 e. The predicted molar refractivity (Wildman–Crippen MR) is 72.6 cm³/mol. The highest BCUT2D eigenvalue weighted by Crippen LogP contribution is 2.04. The third-order valence-corrected chi connectivity index (χ3v) is 2.58. The van der Waals surface area contributed by atoms with Crippen LogP contribution in [-0.2, 0) is 0 Å². The van der Waals surface area contributed by atoms with Gasteiger partial charge in [0.1, 0.15) is 5.82 Å². The number of carbonyl (C=O) groups is 1. The molecule has 1 heterocycles. The first-order valence-electron chi connectivity index (χ1n) is 6.41. The fourth-order valence-electron chi connectivity index (χ4n) is 1.26. The number of hydrogen-bond donors (Lipinski definition) is 2. The van der Waals surface area contributed by atoms with Crippen molar-refractivity contribution in [3.63, 3.8) is 0 Å². The van der Waals surface area contributed by atoms with Crippen LogP contribution in [0.3, 0.4) is 0 Å². The van der Waals surface area contributed by atoms with Crippen molar-refractivity contribution in [2.24, 2.45) is 5.92 Å². The molecule has 1 atom stereocenters. The van der Waals surface area contributed by atoms with Gasteiger partial charge in [-0.2, -0.15) is 0 Å². The maximum absolute atomic E-state index is 11.8. The van der Waals surface area contributed by atoms with E-state index in [1.165, 1.54) is 0 Å². The molecule has 0 aliphatic carbocycles. The number of nitrogens with zero attached hydrogens (tertiary/aromatic N) is 2. The Morgan fingerprint density at radius 3 is 2.50 bits per heavy atom. The second-order valence-corrected chi connectivity index (χ2v) is 4.86. The van der Waals surface area contributed by atoms with Gasteiger partial charge >= 0.3 is 0 Å². The van der Waals surface area contributed by atoms with Crippen LogP contribution in [0.1, 0.15) is 44.6 Å².